The van der Waals surface area contributed by atoms with Crippen LogP contribution in [0.15, 0.2) is 66.0 Å². The lowest BCUT2D eigenvalue weighted by atomic mass is 9.96. The molecule has 0 bridgehead atoms. The van der Waals surface area contributed by atoms with Crippen LogP contribution in [0.25, 0.3) is 28.3 Å². The van der Waals surface area contributed by atoms with Gasteiger partial charge in [0.2, 0.25) is 5.82 Å². The zero-order valence-corrected chi connectivity index (χ0v) is 20.7. The van der Waals surface area contributed by atoms with E-state index in [1.54, 1.807) is 17.0 Å². The van der Waals surface area contributed by atoms with E-state index in [4.69, 9.17) is 0 Å². The molecule has 0 saturated heterocycles. The largest absolute Gasteiger partial charge is 0.334 e. The average molecular weight is 484 g/mol. The van der Waals surface area contributed by atoms with E-state index in [1.165, 1.54) is 0 Å². The molecule has 0 saturated carbocycles. The van der Waals surface area contributed by atoms with Gasteiger partial charge in [0.05, 0.1) is 12.7 Å². The molecule has 5 aromatic rings. The highest BCUT2D eigenvalue weighted by Gasteiger charge is 2.19. The molecule has 4 aromatic heterocycles. The highest BCUT2D eigenvalue weighted by atomic mass is 16.1. The highest BCUT2D eigenvalue weighted by Crippen LogP contribution is 2.32. The number of nitrogens with zero attached hydrogens (tertiary/aromatic N) is 8. The minimum Gasteiger partial charge on any atom is -0.291 e. The number of hydrogen-bond acceptors (Lipinski definition) is 6. The van der Waals surface area contributed by atoms with E-state index in [1.807, 2.05) is 58.0 Å². The number of unbranched alkanes of at least 4 members (excludes halogenated alkanes) is 1. The Morgan fingerprint density at radius 2 is 1.86 bits per heavy atom. The summed E-state index contributed by atoms with van der Waals surface area (Å²) in [5.74, 6) is 1.28. The summed E-state index contributed by atoms with van der Waals surface area (Å²) in [5.41, 5.74) is 4.61. The number of benzene rings is 1. The third kappa shape index (κ3) is 4.37. The fourth-order valence-electron chi connectivity index (χ4n) is 4.49. The second kappa shape index (κ2) is 10.1. The Balaban J connectivity index is 1.61. The second-order valence-electron chi connectivity index (χ2n) is 9.00. The van der Waals surface area contributed by atoms with Crippen molar-refractivity contribution in [3.8, 4) is 28.3 Å². The minimum atomic E-state index is -0.0928. The minimum absolute atomic E-state index is 0.0928. The van der Waals surface area contributed by atoms with Crippen LogP contribution in [0, 0.1) is 0 Å². The Bertz CT molecular complexity index is 1510. The van der Waals surface area contributed by atoms with E-state index in [2.05, 4.69) is 51.5 Å². The molecule has 5 rings (SSSR count). The summed E-state index contributed by atoms with van der Waals surface area (Å²) in [5, 5.41) is 19.0. The lowest BCUT2D eigenvalue weighted by Gasteiger charge is -2.14. The number of aromatic nitrogens is 9. The molecule has 0 aliphatic heterocycles. The van der Waals surface area contributed by atoms with E-state index in [-0.39, 0.29) is 11.7 Å². The van der Waals surface area contributed by atoms with Crippen molar-refractivity contribution in [2.45, 2.75) is 52.6 Å². The van der Waals surface area contributed by atoms with E-state index < -0.39 is 0 Å². The van der Waals surface area contributed by atoms with Crippen LogP contribution < -0.4 is 5.69 Å². The van der Waals surface area contributed by atoms with Crippen molar-refractivity contribution < 1.29 is 0 Å². The SMILES string of the molecule is CCCCc1cn(-c2ccnn2C(C)C)c(=O)n1Cc1cnccc1-c1ccccc1-c1nn[nH]n1. The second-order valence-corrected chi connectivity index (χ2v) is 9.00. The molecule has 0 radical (unpaired) electrons. The molecule has 10 heteroatoms. The fourth-order valence-corrected chi connectivity index (χ4v) is 4.49. The summed E-state index contributed by atoms with van der Waals surface area (Å²) in [7, 11) is 0. The van der Waals surface area contributed by atoms with Crippen LogP contribution >= 0.6 is 0 Å². The molecule has 0 unspecified atom stereocenters. The van der Waals surface area contributed by atoms with Gasteiger partial charge >= 0.3 is 5.69 Å². The van der Waals surface area contributed by atoms with Crippen molar-refractivity contribution in [3.05, 3.63) is 82.9 Å². The van der Waals surface area contributed by atoms with Crippen LogP contribution in [0.2, 0.25) is 0 Å². The van der Waals surface area contributed by atoms with Gasteiger partial charge in [-0.3, -0.25) is 14.1 Å². The molecule has 0 fully saturated rings. The predicted molar refractivity (Wildman–Crippen MR) is 137 cm³/mol. The molecule has 0 aliphatic rings. The number of pyridine rings is 1. The Morgan fingerprint density at radius 3 is 2.61 bits per heavy atom. The highest BCUT2D eigenvalue weighted by molar-refractivity contribution is 5.81. The van der Waals surface area contributed by atoms with Crippen LogP contribution in [0.1, 0.15) is 50.9 Å². The molecule has 1 aromatic carbocycles. The lowest BCUT2D eigenvalue weighted by molar-refractivity contribution is 0.518. The predicted octanol–water partition coefficient (Wildman–Crippen LogP) is 4.05. The Labute approximate surface area is 208 Å². The quantitative estimate of drug-likeness (QED) is 0.338. The number of rotatable bonds is 9. The smallest absolute Gasteiger partial charge is 0.291 e. The van der Waals surface area contributed by atoms with Gasteiger partial charge in [-0.25, -0.2) is 9.48 Å². The van der Waals surface area contributed by atoms with Crippen LogP contribution in [-0.4, -0.2) is 44.5 Å². The van der Waals surface area contributed by atoms with Gasteiger partial charge in [-0.2, -0.15) is 10.3 Å². The number of H-pyrrole nitrogens is 1. The van der Waals surface area contributed by atoms with Gasteiger partial charge in [0, 0.05) is 42.0 Å². The maximum atomic E-state index is 13.8. The Morgan fingerprint density at radius 1 is 1.03 bits per heavy atom. The summed E-state index contributed by atoms with van der Waals surface area (Å²) >= 11 is 0. The third-order valence-corrected chi connectivity index (χ3v) is 6.27. The maximum Gasteiger partial charge on any atom is 0.334 e. The standard InChI is InChI=1S/C26H29N9O/c1-4-5-8-20-17-34(24-12-14-28-35(24)18(2)3)26(36)33(20)16-19-15-27-13-11-21(19)22-9-6-7-10-23(22)25-29-31-32-30-25/h6-7,9-15,17-18H,4-5,8,16H2,1-3H3,(H,29,30,31,32). The number of hydrogen-bond donors (Lipinski definition) is 1. The zero-order chi connectivity index (χ0) is 25.1. The number of tetrazole rings is 1. The van der Waals surface area contributed by atoms with Crippen molar-refractivity contribution in [1.82, 2.24) is 44.5 Å². The van der Waals surface area contributed by atoms with Crippen LogP contribution in [0.3, 0.4) is 0 Å². The maximum absolute atomic E-state index is 13.8. The van der Waals surface area contributed by atoms with Crippen LogP contribution in [0.4, 0.5) is 0 Å². The topological polar surface area (TPSA) is 112 Å². The van der Waals surface area contributed by atoms with E-state index in [9.17, 15) is 4.79 Å². The first kappa shape index (κ1) is 23.4. The zero-order valence-electron chi connectivity index (χ0n) is 20.7. The molecular formula is C26H29N9O. The van der Waals surface area contributed by atoms with Gasteiger partial charge in [0.25, 0.3) is 0 Å². The number of nitrogens with one attached hydrogen (secondary N) is 1. The Hall–Kier alpha value is -4.34. The first-order valence-corrected chi connectivity index (χ1v) is 12.2. The van der Waals surface area contributed by atoms with Crippen molar-refractivity contribution in [3.63, 3.8) is 0 Å². The van der Waals surface area contributed by atoms with Gasteiger partial charge in [0.15, 0.2) is 0 Å². The molecule has 0 aliphatic carbocycles. The summed E-state index contributed by atoms with van der Waals surface area (Å²) in [6.07, 6.45) is 10.1. The first-order chi connectivity index (χ1) is 17.6. The van der Waals surface area contributed by atoms with Crippen molar-refractivity contribution >= 4 is 0 Å². The molecule has 4 heterocycles. The van der Waals surface area contributed by atoms with Gasteiger partial charge in [0.1, 0.15) is 5.82 Å². The van der Waals surface area contributed by atoms with Gasteiger partial charge in [-0.1, -0.05) is 37.6 Å². The fraction of sp³-hybridized carbons (Fsp3) is 0.308. The molecule has 0 atom stereocenters. The van der Waals surface area contributed by atoms with Gasteiger partial charge < -0.3 is 0 Å². The average Bonchev–Trinajstić information content (AvgIpc) is 3.65. The molecule has 10 nitrogen and oxygen atoms in total. The molecule has 0 spiro atoms. The van der Waals surface area contributed by atoms with Crippen molar-refractivity contribution in [2.75, 3.05) is 0 Å². The van der Waals surface area contributed by atoms with Gasteiger partial charge in [-0.05, 0) is 54.7 Å². The summed E-state index contributed by atoms with van der Waals surface area (Å²) in [6, 6.07) is 11.9. The third-order valence-electron chi connectivity index (χ3n) is 6.27. The lowest BCUT2D eigenvalue weighted by Crippen LogP contribution is -2.26. The Kier molecular flexibility index (Phi) is 6.57. The molecule has 1 N–H and O–H groups in total. The summed E-state index contributed by atoms with van der Waals surface area (Å²) in [6.45, 7) is 6.66. The first-order valence-electron chi connectivity index (χ1n) is 12.2. The van der Waals surface area contributed by atoms with E-state index >= 15 is 0 Å². The monoisotopic (exact) mass is 483 g/mol. The number of aromatic amines is 1. The van der Waals surface area contributed by atoms with Crippen LogP contribution in [0.5, 0.6) is 0 Å². The molecular weight excluding hydrogens is 454 g/mol. The number of imidazole rings is 1. The molecule has 0 amide bonds. The van der Waals surface area contributed by atoms with E-state index in [0.29, 0.717) is 12.4 Å². The number of aryl methyl sites for hydroxylation is 1. The normalized spacial score (nSPS) is 11.4. The van der Waals surface area contributed by atoms with Crippen molar-refractivity contribution in [1.29, 1.82) is 0 Å². The summed E-state index contributed by atoms with van der Waals surface area (Å²) in [4.78, 5) is 18.2. The van der Waals surface area contributed by atoms with E-state index in [0.717, 1.165) is 53.0 Å². The molecule has 36 heavy (non-hydrogen) atoms. The van der Waals surface area contributed by atoms with Crippen LogP contribution in [-0.2, 0) is 13.0 Å². The van der Waals surface area contributed by atoms with Gasteiger partial charge in [-0.15, -0.1) is 10.2 Å². The van der Waals surface area contributed by atoms with Crippen molar-refractivity contribution in [2.24, 2.45) is 0 Å². The molecule has 184 valence electrons. The summed E-state index contributed by atoms with van der Waals surface area (Å²) < 4.78 is 5.43.